The van der Waals surface area contributed by atoms with Crippen LogP contribution in [0.5, 0.6) is 0 Å². The Hall–Kier alpha value is -1.16. The monoisotopic (exact) mass is 365 g/mol. The molecule has 2 amide bonds. The van der Waals surface area contributed by atoms with Crippen molar-refractivity contribution < 1.29 is 18.0 Å². The van der Waals surface area contributed by atoms with Gasteiger partial charge in [0.05, 0.1) is 10.9 Å². The van der Waals surface area contributed by atoms with E-state index in [1.165, 1.54) is 19.1 Å². The van der Waals surface area contributed by atoms with E-state index >= 15 is 0 Å². The molecule has 122 valence electrons. The van der Waals surface area contributed by atoms with Crippen molar-refractivity contribution in [1.29, 1.82) is 0 Å². The molecule has 1 saturated heterocycles. The summed E-state index contributed by atoms with van der Waals surface area (Å²) in [7, 11) is -3.73. The van der Waals surface area contributed by atoms with Gasteiger partial charge in [-0.1, -0.05) is 11.6 Å². The van der Waals surface area contributed by atoms with Crippen molar-refractivity contribution in [2.24, 2.45) is 0 Å². The standard InChI is InChI=1S/C12H16ClN3O4S2/c1-9(17)15-4-6-16(7-5-15)11(18)8-14-22(19,20)12-3-2-10(13)21-12/h2-3,14H,4-8H2,1H3. The second kappa shape index (κ2) is 6.95. The van der Waals surface area contributed by atoms with Crippen molar-refractivity contribution >= 4 is 44.8 Å². The minimum absolute atomic E-state index is 0.0256. The van der Waals surface area contributed by atoms with Gasteiger partial charge in [0, 0.05) is 33.1 Å². The Morgan fingerprint density at radius 3 is 2.32 bits per heavy atom. The molecule has 22 heavy (non-hydrogen) atoms. The van der Waals surface area contributed by atoms with Crippen molar-refractivity contribution in [3.05, 3.63) is 16.5 Å². The highest BCUT2D eigenvalue weighted by molar-refractivity contribution is 7.91. The third kappa shape index (κ3) is 4.19. The van der Waals surface area contributed by atoms with Gasteiger partial charge in [-0.3, -0.25) is 9.59 Å². The van der Waals surface area contributed by atoms with Crippen LogP contribution in [0.25, 0.3) is 0 Å². The van der Waals surface area contributed by atoms with Crippen molar-refractivity contribution in [2.75, 3.05) is 32.7 Å². The zero-order valence-electron chi connectivity index (χ0n) is 11.9. The number of halogens is 1. The second-order valence-corrected chi connectivity index (χ2v) is 8.48. The molecule has 0 radical (unpaired) electrons. The van der Waals surface area contributed by atoms with Crippen LogP contribution in [0.4, 0.5) is 0 Å². The molecule has 2 rings (SSSR count). The highest BCUT2D eigenvalue weighted by Crippen LogP contribution is 2.25. The number of sulfonamides is 1. The molecule has 0 unspecified atom stereocenters. The van der Waals surface area contributed by atoms with Gasteiger partial charge in [-0.2, -0.15) is 0 Å². The minimum atomic E-state index is -3.73. The van der Waals surface area contributed by atoms with Gasteiger partial charge in [0.1, 0.15) is 4.21 Å². The summed E-state index contributed by atoms with van der Waals surface area (Å²) in [6, 6.07) is 2.88. The Balaban J connectivity index is 1.87. The van der Waals surface area contributed by atoms with Crippen LogP contribution in [-0.4, -0.2) is 62.8 Å². The predicted octanol–water partition coefficient (Wildman–Crippen LogP) is 0.371. The lowest BCUT2D eigenvalue weighted by Crippen LogP contribution is -2.52. The molecular weight excluding hydrogens is 350 g/mol. The molecule has 0 atom stereocenters. The number of carbonyl (C=O) groups excluding carboxylic acids is 2. The molecule has 0 saturated carbocycles. The zero-order chi connectivity index (χ0) is 16.3. The molecular formula is C12H16ClN3O4S2. The SMILES string of the molecule is CC(=O)N1CCN(C(=O)CNS(=O)(=O)c2ccc(Cl)s2)CC1. The first kappa shape index (κ1) is 17.2. The Morgan fingerprint density at radius 2 is 1.82 bits per heavy atom. The van der Waals surface area contributed by atoms with Gasteiger partial charge >= 0.3 is 0 Å². The molecule has 1 aliphatic heterocycles. The third-order valence-electron chi connectivity index (χ3n) is 3.30. The van der Waals surface area contributed by atoms with Crippen LogP contribution in [0.15, 0.2) is 16.3 Å². The fourth-order valence-corrected chi connectivity index (χ4v) is 4.55. The highest BCUT2D eigenvalue weighted by Gasteiger charge is 2.24. The Labute approximate surface area is 137 Å². The van der Waals surface area contributed by atoms with E-state index in [1.807, 2.05) is 0 Å². The number of nitrogens with one attached hydrogen (secondary N) is 1. The molecule has 1 aromatic rings. The summed E-state index contributed by atoms with van der Waals surface area (Å²) >= 11 is 6.64. The number of carbonyl (C=O) groups is 2. The van der Waals surface area contributed by atoms with Crippen molar-refractivity contribution in [3.63, 3.8) is 0 Å². The molecule has 0 aliphatic carbocycles. The Kier molecular flexibility index (Phi) is 5.43. The molecule has 7 nitrogen and oxygen atoms in total. The number of nitrogens with zero attached hydrogens (tertiary/aromatic N) is 2. The first-order valence-corrected chi connectivity index (χ1v) is 9.25. The highest BCUT2D eigenvalue weighted by atomic mass is 35.5. The maximum Gasteiger partial charge on any atom is 0.250 e. The van der Waals surface area contributed by atoms with Crippen molar-refractivity contribution in [2.45, 2.75) is 11.1 Å². The van der Waals surface area contributed by atoms with Crippen LogP contribution in [-0.2, 0) is 19.6 Å². The average Bonchev–Trinajstić information content (AvgIpc) is 2.92. The number of amides is 2. The number of hydrogen-bond donors (Lipinski definition) is 1. The number of piperazine rings is 1. The maximum atomic E-state index is 12.0. The van der Waals surface area contributed by atoms with Gasteiger partial charge in [-0.25, -0.2) is 13.1 Å². The number of rotatable bonds is 4. The third-order valence-corrected chi connectivity index (χ3v) is 6.43. The van der Waals surface area contributed by atoms with Crippen LogP contribution >= 0.6 is 22.9 Å². The number of hydrogen-bond acceptors (Lipinski definition) is 5. The lowest BCUT2D eigenvalue weighted by molar-refractivity contribution is -0.137. The molecule has 2 heterocycles. The van der Waals surface area contributed by atoms with Gasteiger partial charge in [-0.15, -0.1) is 11.3 Å². The van der Waals surface area contributed by atoms with Crippen LogP contribution in [0.3, 0.4) is 0 Å². The van der Waals surface area contributed by atoms with Gasteiger partial charge < -0.3 is 9.80 Å². The molecule has 1 fully saturated rings. The van der Waals surface area contributed by atoms with E-state index in [0.717, 1.165) is 11.3 Å². The van der Waals surface area contributed by atoms with Crippen molar-refractivity contribution in [1.82, 2.24) is 14.5 Å². The van der Waals surface area contributed by atoms with Gasteiger partial charge in [0.2, 0.25) is 11.8 Å². The molecule has 0 aromatic carbocycles. The first-order chi connectivity index (χ1) is 10.3. The summed E-state index contributed by atoms with van der Waals surface area (Å²) in [4.78, 5) is 26.4. The second-order valence-electron chi connectivity index (χ2n) is 4.77. The van der Waals surface area contributed by atoms with E-state index in [1.54, 1.807) is 9.80 Å². The summed E-state index contributed by atoms with van der Waals surface area (Å²) in [5.74, 6) is -0.336. The molecule has 10 heteroatoms. The van der Waals surface area contributed by atoms with E-state index in [-0.39, 0.29) is 22.6 Å². The molecule has 0 bridgehead atoms. The topological polar surface area (TPSA) is 86.8 Å². The summed E-state index contributed by atoms with van der Waals surface area (Å²) in [5.41, 5.74) is 0. The van der Waals surface area contributed by atoms with Crippen LogP contribution in [0.1, 0.15) is 6.92 Å². The fourth-order valence-electron chi connectivity index (χ4n) is 2.05. The quantitative estimate of drug-likeness (QED) is 0.835. The molecule has 0 spiro atoms. The molecule has 1 aromatic heterocycles. The van der Waals surface area contributed by atoms with E-state index in [4.69, 9.17) is 11.6 Å². The van der Waals surface area contributed by atoms with Gasteiger partial charge in [0.25, 0.3) is 10.0 Å². The van der Waals surface area contributed by atoms with Crippen molar-refractivity contribution in [3.8, 4) is 0 Å². The van der Waals surface area contributed by atoms with Crippen LogP contribution in [0.2, 0.25) is 4.34 Å². The maximum absolute atomic E-state index is 12.0. The predicted molar refractivity (Wildman–Crippen MR) is 83.4 cm³/mol. The lowest BCUT2D eigenvalue weighted by Gasteiger charge is -2.34. The fraction of sp³-hybridized carbons (Fsp3) is 0.500. The summed E-state index contributed by atoms with van der Waals surface area (Å²) in [6.07, 6.45) is 0. The Morgan fingerprint density at radius 1 is 1.23 bits per heavy atom. The molecule has 1 aliphatic rings. The lowest BCUT2D eigenvalue weighted by atomic mass is 10.3. The van der Waals surface area contributed by atoms with E-state index in [2.05, 4.69) is 4.72 Å². The largest absolute Gasteiger partial charge is 0.339 e. The summed E-state index contributed by atoms with van der Waals surface area (Å²) in [5, 5.41) is 0. The summed E-state index contributed by atoms with van der Waals surface area (Å²) < 4.78 is 26.7. The van der Waals surface area contributed by atoms with Gasteiger partial charge in [0.15, 0.2) is 0 Å². The van der Waals surface area contributed by atoms with E-state index < -0.39 is 10.0 Å². The van der Waals surface area contributed by atoms with Crippen LogP contribution < -0.4 is 4.72 Å². The smallest absolute Gasteiger partial charge is 0.250 e. The summed E-state index contributed by atoms with van der Waals surface area (Å²) in [6.45, 7) is 2.92. The van der Waals surface area contributed by atoms with Gasteiger partial charge in [-0.05, 0) is 12.1 Å². The van der Waals surface area contributed by atoms with E-state index in [9.17, 15) is 18.0 Å². The average molecular weight is 366 g/mol. The first-order valence-electron chi connectivity index (χ1n) is 6.58. The van der Waals surface area contributed by atoms with E-state index in [0.29, 0.717) is 30.5 Å². The van der Waals surface area contributed by atoms with Crippen LogP contribution in [0, 0.1) is 0 Å². The normalized spacial score (nSPS) is 15.9. The zero-order valence-corrected chi connectivity index (χ0v) is 14.3. The Bertz CT molecular complexity index is 666. The minimum Gasteiger partial charge on any atom is -0.339 e. The number of thiophene rings is 1. The molecule has 1 N–H and O–H groups in total.